The van der Waals surface area contributed by atoms with Crippen LogP contribution in [0, 0.1) is 5.92 Å². The van der Waals surface area contributed by atoms with Crippen molar-refractivity contribution in [3.8, 4) is 0 Å². The van der Waals surface area contributed by atoms with Gasteiger partial charge < -0.3 is 10.1 Å². The van der Waals surface area contributed by atoms with Crippen LogP contribution in [0.3, 0.4) is 0 Å². The molecule has 1 aliphatic rings. The van der Waals surface area contributed by atoms with Crippen LogP contribution in [0.4, 0.5) is 0 Å². The number of fused-ring (bicyclic) bond motifs is 1. The zero-order valence-corrected chi connectivity index (χ0v) is 16.1. The van der Waals surface area contributed by atoms with E-state index >= 15 is 0 Å². The fourth-order valence-corrected chi connectivity index (χ4v) is 3.58. The van der Waals surface area contributed by atoms with E-state index in [1.54, 1.807) is 12.4 Å². The van der Waals surface area contributed by atoms with E-state index in [4.69, 9.17) is 4.74 Å². The maximum Gasteiger partial charge on any atom is 0.254 e. The Hall–Kier alpha value is -2.86. The molecule has 1 aliphatic heterocycles. The fourth-order valence-electron chi connectivity index (χ4n) is 3.58. The number of pyridine rings is 1. The minimum absolute atomic E-state index is 0.0378. The summed E-state index contributed by atoms with van der Waals surface area (Å²) in [5, 5.41) is 4.26. The summed E-state index contributed by atoms with van der Waals surface area (Å²) in [6.45, 7) is 5.20. The number of amides is 1. The van der Waals surface area contributed by atoms with Gasteiger partial charge in [0, 0.05) is 35.8 Å². The van der Waals surface area contributed by atoms with Gasteiger partial charge in [0.05, 0.1) is 30.3 Å². The lowest BCUT2D eigenvalue weighted by Crippen LogP contribution is -2.40. The molecule has 3 aromatic rings. The van der Waals surface area contributed by atoms with Crippen molar-refractivity contribution < 1.29 is 9.53 Å². The summed E-state index contributed by atoms with van der Waals surface area (Å²) in [5.74, 6) is 1.03. The summed E-state index contributed by atoms with van der Waals surface area (Å²) in [6.07, 6.45) is 5.86. The molecule has 0 bridgehead atoms. The maximum absolute atomic E-state index is 12.6. The van der Waals surface area contributed by atoms with Crippen molar-refractivity contribution >= 4 is 16.8 Å². The van der Waals surface area contributed by atoms with Crippen LogP contribution < -0.4 is 5.32 Å². The van der Waals surface area contributed by atoms with Crippen LogP contribution in [0.15, 0.2) is 48.9 Å². The van der Waals surface area contributed by atoms with Gasteiger partial charge >= 0.3 is 0 Å². The molecule has 2 aromatic heterocycles. The van der Waals surface area contributed by atoms with Crippen LogP contribution >= 0.6 is 0 Å². The van der Waals surface area contributed by atoms with Crippen LogP contribution in [0.25, 0.3) is 10.9 Å². The van der Waals surface area contributed by atoms with E-state index in [0.717, 1.165) is 23.1 Å². The Kier molecular flexibility index (Phi) is 5.30. The number of nitrogens with zero attached hydrogens (tertiary/aromatic N) is 3. The molecule has 144 valence electrons. The van der Waals surface area contributed by atoms with E-state index in [1.165, 1.54) is 5.56 Å². The predicted molar refractivity (Wildman–Crippen MR) is 107 cm³/mol. The van der Waals surface area contributed by atoms with Gasteiger partial charge in [-0.2, -0.15) is 0 Å². The van der Waals surface area contributed by atoms with E-state index in [2.05, 4.69) is 32.4 Å². The van der Waals surface area contributed by atoms with E-state index in [-0.39, 0.29) is 23.8 Å². The number of hydrogen-bond donors (Lipinski definition) is 1. The molecule has 6 nitrogen and oxygen atoms in total. The number of nitrogens with one attached hydrogen (secondary N) is 1. The van der Waals surface area contributed by atoms with Crippen molar-refractivity contribution in [3.05, 3.63) is 65.9 Å². The second kappa shape index (κ2) is 8.02. The Morgan fingerprint density at radius 2 is 1.93 bits per heavy atom. The molecule has 28 heavy (non-hydrogen) atoms. The molecule has 1 fully saturated rings. The average molecular weight is 376 g/mol. The second-order valence-corrected chi connectivity index (χ2v) is 7.55. The number of aromatic nitrogens is 3. The number of rotatable bonds is 5. The minimum atomic E-state index is -0.157. The average Bonchev–Trinajstić information content (AvgIpc) is 3.15. The van der Waals surface area contributed by atoms with Crippen molar-refractivity contribution in [2.75, 3.05) is 13.2 Å². The Morgan fingerprint density at radius 1 is 1.14 bits per heavy atom. The number of carbonyl (C=O) groups excluding carboxylic acids is 1. The zero-order valence-electron chi connectivity index (χ0n) is 16.1. The maximum atomic E-state index is 12.6. The van der Waals surface area contributed by atoms with Gasteiger partial charge in [0.1, 0.15) is 5.82 Å². The third kappa shape index (κ3) is 3.87. The van der Waals surface area contributed by atoms with Gasteiger partial charge in [0.2, 0.25) is 0 Å². The van der Waals surface area contributed by atoms with Crippen molar-refractivity contribution in [2.45, 2.75) is 32.2 Å². The van der Waals surface area contributed by atoms with Gasteiger partial charge in [-0.3, -0.25) is 9.78 Å². The standard InChI is InChI=1S/C22H24N4O2/c1-14(2)21-24-10-17(11-25-21)22(27)26-20-13-28-12-16(20)9-15-7-8-23-19-6-4-3-5-18(15)19/h3-8,10-11,14,16,20H,9,12-13H2,1-2H3,(H,26,27)/t16-,20-/m1/s1. The molecule has 0 radical (unpaired) electrons. The Balaban J connectivity index is 1.47. The van der Waals surface area contributed by atoms with Gasteiger partial charge in [-0.1, -0.05) is 32.0 Å². The molecule has 0 unspecified atom stereocenters. The van der Waals surface area contributed by atoms with Gasteiger partial charge in [0.25, 0.3) is 5.91 Å². The van der Waals surface area contributed by atoms with Crippen molar-refractivity contribution in [1.82, 2.24) is 20.3 Å². The Morgan fingerprint density at radius 3 is 2.71 bits per heavy atom. The third-order valence-corrected chi connectivity index (χ3v) is 5.19. The molecule has 4 rings (SSSR count). The molecule has 1 saturated heterocycles. The summed E-state index contributed by atoms with van der Waals surface area (Å²) in [7, 11) is 0. The van der Waals surface area contributed by atoms with E-state index in [9.17, 15) is 4.79 Å². The molecule has 2 atom stereocenters. The highest BCUT2D eigenvalue weighted by molar-refractivity contribution is 5.93. The first-order valence-electron chi connectivity index (χ1n) is 9.65. The highest BCUT2D eigenvalue weighted by atomic mass is 16.5. The summed E-state index contributed by atoms with van der Waals surface area (Å²) >= 11 is 0. The summed E-state index contributed by atoms with van der Waals surface area (Å²) in [5.41, 5.74) is 2.69. The molecule has 1 amide bonds. The van der Waals surface area contributed by atoms with Crippen molar-refractivity contribution in [3.63, 3.8) is 0 Å². The van der Waals surface area contributed by atoms with Gasteiger partial charge in [-0.25, -0.2) is 9.97 Å². The molecule has 0 saturated carbocycles. The number of benzene rings is 1. The van der Waals surface area contributed by atoms with Crippen molar-refractivity contribution in [1.29, 1.82) is 0 Å². The Labute approximate surface area is 164 Å². The first kappa shape index (κ1) is 18.5. The molecule has 1 aromatic carbocycles. The molecular formula is C22H24N4O2. The van der Waals surface area contributed by atoms with Gasteiger partial charge in [0.15, 0.2) is 0 Å². The normalized spacial score (nSPS) is 19.2. The predicted octanol–water partition coefficient (Wildman–Crippen LogP) is 3.14. The summed E-state index contributed by atoms with van der Waals surface area (Å²) < 4.78 is 5.68. The van der Waals surface area contributed by atoms with Crippen molar-refractivity contribution in [2.24, 2.45) is 5.92 Å². The number of ether oxygens (including phenoxy) is 1. The second-order valence-electron chi connectivity index (χ2n) is 7.55. The van der Waals surface area contributed by atoms with E-state index in [0.29, 0.717) is 18.8 Å². The largest absolute Gasteiger partial charge is 0.379 e. The SMILES string of the molecule is CC(C)c1ncc(C(=O)N[C@@H]2COC[C@H]2Cc2ccnc3ccccc23)cn1. The van der Waals surface area contributed by atoms with Gasteiger partial charge in [-0.15, -0.1) is 0 Å². The molecule has 0 spiro atoms. The monoisotopic (exact) mass is 376 g/mol. The molecule has 3 heterocycles. The zero-order chi connectivity index (χ0) is 19.5. The van der Waals surface area contributed by atoms with Crippen LogP contribution in [-0.4, -0.2) is 40.1 Å². The first-order valence-corrected chi connectivity index (χ1v) is 9.65. The van der Waals surface area contributed by atoms with Crippen LogP contribution in [0.5, 0.6) is 0 Å². The highest BCUT2D eigenvalue weighted by Crippen LogP contribution is 2.24. The highest BCUT2D eigenvalue weighted by Gasteiger charge is 2.30. The van der Waals surface area contributed by atoms with Gasteiger partial charge in [-0.05, 0) is 24.1 Å². The summed E-state index contributed by atoms with van der Waals surface area (Å²) in [4.78, 5) is 25.6. The molecular weight excluding hydrogens is 352 g/mol. The minimum Gasteiger partial charge on any atom is -0.379 e. The third-order valence-electron chi connectivity index (χ3n) is 5.19. The topological polar surface area (TPSA) is 77.0 Å². The van der Waals surface area contributed by atoms with Crippen LogP contribution in [0.2, 0.25) is 0 Å². The number of hydrogen-bond acceptors (Lipinski definition) is 5. The van der Waals surface area contributed by atoms with E-state index in [1.807, 2.05) is 38.2 Å². The lowest BCUT2D eigenvalue weighted by molar-refractivity contribution is 0.0924. The molecule has 6 heteroatoms. The molecule has 1 N–H and O–H groups in total. The summed E-state index contributed by atoms with van der Waals surface area (Å²) in [6, 6.07) is 10.1. The quantitative estimate of drug-likeness (QED) is 0.740. The number of carbonyl (C=O) groups is 1. The first-order chi connectivity index (χ1) is 13.6. The molecule has 0 aliphatic carbocycles. The Bertz CT molecular complexity index is 966. The lowest BCUT2D eigenvalue weighted by Gasteiger charge is -2.20. The fraction of sp³-hybridized carbons (Fsp3) is 0.364. The number of para-hydroxylation sites is 1. The lowest BCUT2D eigenvalue weighted by atomic mass is 9.93. The van der Waals surface area contributed by atoms with Crippen LogP contribution in [0.1, 0.15) is 41.5 Å². The smallest absolute Gasteiger partial charge is 0.254 e. The van der Waals surface area contributed by atoms with Crippen LogP contribution in [-0.2, 0) is 11.2 Å². The van der Waals surface area contributed by atoms with E-state index < -0.39 is 0 Å².